The van der Waals surface area contributed by atoms with E-state index < -0.39 is 0 Å². The summed E-state index contributed by atoms with van der Waals surface area (Å²) in [5, 5.41) is 13.1. The molecule has 4 heteroatoms. The predicted octanol–water partition coefficient (Wildman–Crippen LogP) is 0.458. The maximum atomic E-state index is 9.86. The number of aliphatic hydroxyl groups excluding tert-OH is 1. The van der Waals surface area contributed by atoms with Crippen LogP contribution in [0.1, 0.15) is 26.7 Å². The van der Waals surface area contributed by atoms with E-state index in [1.54, 1.807) is 0 Å². The number of aliphatic hydroxyl groups is 1. The molecule has 4 nitrogen and oxygen atoms in total. The van der Waals surface area contributed by atoms with Gasteiger partial charge in [0.15, 0.2) is 0 Å². The van der Waals surface area contributed by atoms with Gasteiger partial charge in [0.25, 0.3) is 0 Å². The second-order valence-electron chi connectivity index (χ2n) is 4.65. The summed E-state index contributed by atoms with van der Waals surface area (Å²) in [5.74, 6) is 0. The molecule has 1 heterocycles. The second kappa shape index (κ2) is 8.01. The van der Waals surface area contributed by atoms with Crippen LogP contribution in [-0.4, -0.2) is 61.5 Å². The van der Waals surface area contributed by atoms with E-state index in [4.69, 9.17) is 4.74 Å². The molecule has 0 aromatic heterocycles. The highest BCUT2D eigenvalue weighted by molar-refractivity contribution is 4.71. The van der Waals surface area contributed by atoms with Crippen molar-refractivity contribution < 1.29 is 9.84 Å². The van der Waals surface area contributed by atoms with Gasteiger partial charge in [0.1, 0.15) is 0 Å². The summed E-state index contributed by atoms with van der Waals surface area (Å²) in [6, 6.07) is 0. The lowest BCUT2D eigenvalue weighted by molar-refractivity contribution is 0.0564. The Labute approximate surface area is 99.0 Å². The lowest BCUT2D eigenvalue weighted by Gasteiger charge is -2.24. The molecule has 0 radical (unpaired) electrons. The quantitative estimate of drug-likeness (QED) is 0.651. The van der Waals surface area contributed by atoms with Crippen molar-refractivity contribution in [3.63, 3.8) is 0 Å². The van der Waals surface area contributed by atoms with E-state index in [1.165, 1.54) is 0 Å². The molecule has 0 saturated carbocycles. The molecule has 16 heavy (non-hydrogen) atoms. The lowest BCUT2D eigenvalue weighted by atomic mass is 10.2. The van der Waals surface area contributed by atoms with E-state index in [0.717, 1.165) is 45.6 Å². The average Bonchev–Trinajstić information content (AvgIpc) is 2.43. The molecule has 1 saturated heterocycles. The van der Waals surface area contributed by atoms with Crippen molar-refractivity contribution in [1.29, 1.82) is 0 Å². The zero-order valence-corrected chi connectivity index (χ0v) is 10.6. The van der Waals surface area contributed by atoms with Crippen LogP contribution in [0.15, 0.2) is 0 Å². The van der Waals surface area contributed by atoms with Crippen molar-refractivity contribution in [2.24, 2.45) is 0 Å². The minimum absolute atomic E-state index is 0.267. The summed E-state index contributed by atoms with van der Waals surface area (Å²) in [5.41, 5.74) is 0. The fourth-order valence-electron chi connectivity index (χ4n) is 2.05. The number of rotatable bonds is 6. The lowest BCUT2D eigenvalue weighted by Crippen LogP contribution is -2.40. The minimum Gasteiger partial charge on any atom is -0.390 e. The van der Waals surface area contributed by atoms with Crippen molar-refractivity contribution in [2.45, 2.75) is 38.9 Å². The first-order valence-electron chi connectivity index (χ1n) is 6.45. The molecule has 1 aliphatic heterocycles. The minimum atomic E-state index is -0.267. The number of ether oxygens (including phenoxy) is 1. The Balaban J connectivity index is 2.18. The van der Waals surface area contributed by atoms with Gasteiger partial charge in [0.05, 0.1) is 12.2 Å². The number of β-amino-alcohol motifs (C(OH)–C–C–N with tert-alkyl or cyclic N) is 1. The number of hydrogen-bond acceptors (Lipinski definition) is 4. The molecule has 0 spiro atoms. The SMILES string of the molecule is CCCNCC(O)CN1CCCOC(C)C1. The fraction of sp³-hybridized carbons (Fsp3) is 1.00. The normalized spacial score (nSPS) is 25.3. The van der Waals surface area contributed by atoms with Gasteiger partial charge in [-0.2, -0.15) is 0 Å². The smallest absolute Gasteiger partial charge is 0.0791 e. The Morgan fingerprint density at radius 1 is 1.56 bits per heavy atom. The first-order valence-corrected chi connectivity index (χ1v) is 6.45. The highest BCUT2D eigenvalue weighted by Crippen LogP contribution is 2.05. The number of nitrogens with one attached hydrogen (secondary N) is 1. The molecule has 0 aromatic rings. The van der Waals surface area contributed by atoms with Gasteiger partial charge in [-0.25, -0.2) is 0 Å². The van der Waals surface area contributed by atoms with E-state index in [9.17, 15) is 5.11 Å². The summed E-state index contributed by atoms with van der Waals surface area (Å²) in [4.78, 5) is 2.30. The van der Waals surface area contributed by atoms with E-state index in [2.05, 4.69) is 24.1 Å². The third-order valence-electron chi connectivity index (χ3n) is 2.81. The molecule has 0 amide bonds. The molecule has 2 N–H and O–H groups in total. The molecule has 96 valence electrons. The van der Waals surface area contributed by atoms with Crippen molar-refractivity contribution in [1.82, 2.24) is 10.2 Å². The largest absolute Gasteiger partial charge is 0.390 e. The van der Waals surface area contributed by atoms with Crippen molar-refractivity contribution >= 4 is 0 Å². The summed E-state index contributed by atoms with van der Waals surface area (Å²) in [7, 11) is 0. The van der Waals surface area contributed by atoms with E-state index >= 15 is 0 Å². The van der Waals surface area contributed by atoms with Gasteiger partial charge in [-0.3, -0.25) is 4.90 Å². The van der Waals surface area contributed by atoms with Crippen molar-refractivity contribution in [3.05, 3.63) is 0 Å². The average molecular weight is 230 g/mol. The van der Waals surface area contributed by atoms with Crippen LogP contribution in [-0.2, 0) is 4.74 Å². The Morgan fingerprint density at radius 2 is 2.38 bits per heavy atom. The summed E-state index contributed by atoms with van der Waals surface area (Å²) in [6.07, 6.45) is 2.20. The molecule has 0 bridgehead atoms. The molecular formula is C12H26N2O2. The summed E-state index contributed by atoms with van der Waals surface area (Å²) in [6.45, 7) is 9.48. The molecule has 0 aromatic carbocycles. The van der Waals surface area contributed by atoms with Gasteiger partial charge in [0.2, 0.25) is 0 Å². The van der Waals surface area contributed by atoms with Gasteiger partial charge in [-0.05, 0) is 26.3 Å². The molecule has 1 aliphatic rings. The zero-order chi connectivity index (χ0) is 11.8. The molecule has 1 rings (SSSR count). The first kappa shape index (κ1) is 13.9. The molecule has 2 atom stereocenters. The molecule has 2 unspecified atom stereocenters. The molecular weight excluding hydrogens is 204 g/mol. The molecule has 1 fully saturated rings. The predicted molar refractivity (Wildman–Crippen MR) is 65.6 cm³/mol. The number of nitrogens with zero attached hydrogens (tertiary/aromatic N) is 1. The highest BCUT2D eigenvalue weighted by atomic mass is 16.5. The number of hydrogen-bond donors (Lipinski definition) is 2. The zero-order valence-electron chi connectivity index (χ0n) is 10.6. The third kappa shape index (κ3) is 5.80. The first-order chi connectivity index (χ1) is 7.72. The Morgan fingerprint density at radius 3 is 3.12 bits per heavy atom. The van der Waals surface area contributed by atoms with Gasteiger partial charge in [-0.15, -0.1) is 0 Å². The second-order valence-corrected chi connectivity index (χ2v) is 4.65. The van der Waals surface area contributed by atoms with Crippen LogP contribution in [0, 0.1) is 0 Å². The van der Waals surface area contributed by atoms with Crippen molar-refractivity contribution in [3.8, 4) is 0 Å². The topological polar surface area (TPSA) is 44.7 Å². The van der Waals surface area contributed by atoms with Crippen LogP contribution in [0.5, 0.6) is 0 Å². The van der Waals surface area contributed by atoms with Crippen LogP contribution in [0.3, 0.4) is 0 Å². The molecule has 0 aliphatic carbocycles. The maximum Gasteiger partial charge on any atom is 0.0791 e. The fourth-order valence-corrected chi connectivity index (χ4v) is 2.05. The van der Waals surface area contributed by atoms with Crippen LogP contribution >= 0.6 is 0 Å². The maximum absolute atomic E-state index is 9.86. The van der Waals surface area contributed by atoms with Gasteiger partial charge in [-0.1, -0.05) is 6.92 Å². The van der Waals surface area contributed by atoms with Gasteiger partial charge in [0, 0.05) is 32.8 Å². The van der Waals surface area contributed by atoms with Crippen LogP contribution in [0.25, 0.3) is 0 Å². The standard InChI is InChI=1S/C12H26N2O2/c1-3-5-13-8-12(15)10-14-6-4-7-16-11(2)9-14/h11-13,15H,3-10H2,1-2H3. The third-order valence-corrected chi connectivity index (χ3v) is 2.81. The highest BCUT2D eigenvalue weighted by Gasteiger charge is 2.17. The van der Waals surface area contributed by atoms with E-state index in [1.807, 2.05) is 0 Å². The van der Waals surface area contributed by atoms with E-state index in [-0.39, 0.29) is 6.10 Å². The van der Waals surface area contributed by atoms with Crippen LogP contribution in [0.4, 0.5) is 0 Å². The summed E-state index contributed by atoms with van der Waals surface area (Å²) < 4.78 is 5.57. The van der Waals surface area contributed by atoms with Gasteiger partial charge < -0.3 is 15.2 Å². The Hall–Kier alpha value is -0.160. The van der Waals surface area contributed by atoms with Gasteiger partial charge >= 0.3 is 0 Å². The van der Waals surface area contributed by atoms with Crippen LogP contribution < -0.4 is 5.32 Å². The van der Waals surface area contributed by atoms with Crippen LogP contribution in [0.2, 0.25) is 0 Å². The Bertz CT molecular complexity index is 178. The Kier molecular flexibility index (Phi) is 6.96. The van der Waals surface area contributed by atoms with Crippen molar-refractivity contribution in [2.75, 3.05) is 39.3 Å². The summed E-state index contributed by atoms with van der Waals surface area (Å²) >= 11 is 0. The van der Waals surface area contributed by atoms with E-state index in [0.29, 0.717) is 12.6 Å². The monoisotopic (exact) mass is 230 g/mol.